The standard InChI is InChI=1S/C23H32N4O2.2C2HF3O2/c1-18(2)16-29-21-6-4-3-5-19(21)15-26-10-7-23(17-26)8-11-27(12-9-23)22(28)20-13-24-25-14-20;2*3-2(4,5)1(6)7/h3-6,13-14,18H,7-12,15-17H2,1-2H3,(H,24,25);2*(H,6,7). The summed E-state index contributed by atoms with van der Waals surface area (Å²) in [5, 5.41) is 20.9. The number of hydrogen-bond acceptors (Lipinski definition) is 6. The van der Waals surface area contributed by atoms with E-state index in [4.69, 9.17) is 24.5 Å². The highest BCUT2D eigenvalue weighted by Gasteiger charge is 2.42. The summed E-state index contributed by atoms with van der Waals surface area (Å²) < 4.78 is 69.5. The number of nitrogens with one attached hydrogen (secondary N) is 1. The van der Waals surface area contributed by atoms with Crippen LogP contribution >= 0.6 is 0 Å². The molecular formula is C27H34F6N4O6. The Bertz CT molecular complexity index is 1170. The predicted octanol–water partition coefficient (Wildman–Crippen LogP) is 4.84. The largest absolute Gasteiger partial charge is 0.493 e. The normalized spacial score (nSPS) is 16.6. The van der Waals surface area contributed by atoms with Crippen molar-refractivity contribution in [3.63, 3.8) is 0 Å². The molecule has 4 rings (SSSR count). The van der Waals surface area contributed by atoms with Crippen LogP contribution in [0.15, 0.2) is 36.7 Å². The number of carbonyl (C=O) groups excluding carboxylic acids is 1. The van der Waals surface area contributed by atoms with Crippen molar-refractivity contribution in [3.8, 4) is 5.75 Å². The van der Waals surface area contributed by atoms with Crippen molar-refractivity contribution < 1.29 is 55.7 Å². The third kappa shape index (κ3) is 11.4. The molecule has 1 amide bonds. The third-order valence-corrected chi connectivity index (χ3v) is 6.80. The number of likely N-dealkylation sites (tertiary alicyclic amines) is 2. The predicted molar refractivity (Wildman–Crippen MR) is 140 cm³/mol. The minimum atomic E-state index is -5.08. The van der Waals surface area contributed by atoms with Crippen LogP contribution in [-0.4, -0.2) is 93.2 Å². The van der Waals surface area contributed by atoms with Crippen LogP contribution in [0.5, 0.6) is 5.75 Å². The van der Waals surface area contributed by atoms with Gasteiger partial charge in [0.1, 0.15) is 5.75 Å². The van der Waals surface area contributed by atoms with Gasteiger partial charge in [-0.25, -0.2) is 9.59 Å². The summed E-state index contributed by atoms with van der Waals surface area (Å²) in [5.74, 6) is -3.88. The Morgan fingerprint density at radius 1 is 0.977 bits per heavy atom. The van der Waals surface area contributed by atoms with Gasteiger partial charge in [-0.3, -0.25) is 14.8 Å². The molecule has 0 bridgehead atoms. The fraction of sp³-hybridized carbons (Fsp3) is 0.556. The number of carboxylic acid groups (broad SMARTS) is 2. The Labute approximate surface area is 243 Å². The van der Waals surface area contributed by atoms with Gasteiger partial charge < -0.3 is 19.8 Å². The summed E-state index contributed by atoms with van der Waals surface area (Å²) in [7, 11) is 0. The Balaban J connectivity index is 0.000000384. The minimum absolute atomic E-state index is 0.0969. The molecule has 16 heteroatoms. The highest BCUT2D eigenvalue weighted by atomic mass is 19.4. The second-order valence-corrected chi connectivity index (χ2v) is 10.7. The van der Waals surface area contributed by atoms with E-state index in [-0.39, 0.29) is 5.91 Å². The second-order valence-electron chi connectivity index (χ2n) is 10.7. The number of nitrogens with zero attached hydrogens (tertiary/aromatic N) is 3. The number of benzene rings is 1. The van der Waals surface area contributed by atoms with E-state index in [0.717, 1.165) is 57.9 Å². The van der Waals surface area contributed by atoms with E-state index in [1.165, 1.54) is 12.0 Å². The molecule has 2 aromatic rings. The van der Waals surface area contributed by atoms with E-state index in [1.54, 1.807) is 12.4 Å². The molecule has 2 aliphatic heterocycles. The summed E-state index contributed by atoms with van der Waals surface area (Å²) in [5.41, 5.74) is 2.28. The van der Waals surface area contributed by atoms with E-state index in [9.17, 15) is 31.1 Å². The average Bonchev–Trinajstić information content (AvgIpc) is 3.59. The Hall–Kier alpha value is -3.82. The van der Waals surface area contributed by atoms with Gasteiger partial charge in [-0.1, -0.05) is 32.0 Å². The van der Waals surface area contributed by atoms with Crippen LogP contribution in [0.2, 0.25) is 0 Å². The number of hydrogen-bond donors (Lipinski definition) is 3. The number of halogens is 6. The molecule has 3 heterocycles. The average molecular weight is 625 g/mol. The van der Waals surface area contributed by atoms with E-state index < -0.39 is 24.3 Å². The molecule has 2 saturated heterocycles. The maximum Gasteiger partial charge on any atom is 0.490 e. The van der Waals surface area contributed by atoms with Crippen molar-refractivity contribution in [3.05, 3.63) is 47.8 Å². The Morgan fingerprint density at radius 3 is 2.00 bits per heavy atom. The number of amides is 1. The van der Waals surface area contributed by atoms with Crippen LogP contribution in [0.1, 0.15) is 49.0 Å². The van der Waals surface area contributed by atoms with Gasteiger partial charge in [-0.05, 0) is 43.2 Å². The number of alkyl halides is 6. The first-order valence-corrected chi connectivity index (χ1v) is 13.2. The van der Waals surface area contributed by atoms with Gasteiger partial charge >= 0.3 is 24.3 Å². The number of carboxylic acids is 2. The first-order valence-electron chi connectivity index (χ1n) is 13.2. The molecular weight excluding hydrogens is 590 g/mol. The lowest BCUT2D eigenvalue weighted by atomic mass is 9.77. The van der Waals surface area contributed by atoms with Crippen molar-refractivity contribution in [1.82, 2.24) is 20.0 Å². The van der Waals surface area contributed by atoms with Crippen LogP contribution in [-0.2, 0) is 16.1 Å². The third-order valence-electron chi connectivity index (χ3n) is 6.80. The zero-order chi connectivity index (χ0) is 32.4. The summed E-state index contributed by atoms with van der Waals surface area (Å²) in [6.07, 6.45) is -3.49. The number of para-hydroxylation sites is 1. The van der Waals surface area contributed by atoms with Gasteiger partial charge in [0.2, 0.25) is 0 Å². The number of rotatable bonds is 6. The molecule has 0 unspecified atom stereocenters. The molecule has 240 valence electrons. The van der Waals surface area contributed by atoms with E-state index in [2.05, 4.69) is 53.2 Å². The van der Waals surface area contributed by atoms with Crippen LogP contribution in [0.25, 0.3) is 0 Å². The molecule has 0 aliphatic carbocycles. The molecule has 0 saturated carbocycles. The maximum atomic E-state index is 12.6. The minimum Gasteiger partial charge on any atom is -0.493 e. The highest BCUT2D eigenvalue weighted by Crippen LogP contribution is 2.41. The fourth-order valence-corrected chi connectivity index (χ4v) is 4.58. The van der Waals surface area contributed by atoms with Crippen LogP contribution in [0, 0.1) is 11.3 Å². The van der Waals surface area contributed by atoms with Crippen molar-refractivity contribution in [2.24, 2.45) is 11.3 Å². The first-order chi connectivity index (χ1) is 19.9. The zero-order valence-electron chi connectivity index (χ0n) is 23.5. The molecule has 1 aromatic heterocycles. The molecule has 0 radical (unpaired) electrons. The first kappa shape index (κ1) is 35.4. The lowest BCUT2D eigenvalue weighted by molar-refractivity contribution is -0.193. The zero-order valence-corrected chi connectivity index (χ0v) is 23.5. The molecule has 43 heavy (non-hydrogen) atoms. The summed E-state index contributed by atoms with van der Waals surface area (Å²) in [6.45, 7) is 9.95. The Kier molecular flexibility index (Phi) is 12.4. The SMILES string of the molecule is CC(C)COc1ccccc1CN1CCC2(CCN(C(=O)c3cn[nH]c3)CC2)C1.O=C(O)C(F)(F)F.O=C(O)C(F)(F)F. The lowest BCUT2D eigenvalue weighted by Crippen LogP contribution is -2.44. The molecule has 2 aliphatic rings. The van der Waals surface area contributed by atoms with Crippen LogP contribution < -0.4 is 4.74 Å². The van der Waals surface area contributed by atoms with Crippen molar-refractivity contribution in [2.75, 3.05) is 32.8 Å². The summed E-state index contributed by atoms with van der Waals surface area (Å²) in [6, 6.07) is 8.43. The van der Waals surface area contributed by atoms with Gasteiger partial charge in [0.05, 0.1) is 18.4 Å². The van der Waals surface area contributed by atoms with Gasteiger partial charge in [-0.2, -0.15) is 31.4 Å². The van der Waals surface area contributed by atoms with Crippen LogP contribution in [0.3, 0.4) is 0 Å². The molecule has 10 nitrogen and oxygen atoms in total. The van der Waals surface area contributed by atoms with Gasteiger partial charge in [0.15, 0.2) is 0 Å². The molecule has 2 fully saturated rings. The fourth-order valence-electron chi connectivity index (χ4n) is 4.58. The quantitative estimate of drug-likeness (QED) is 0.389. The van der Waals surface area contributed by atoms with Crippen molar-refractivity contribution in [2.45, 2.75) is 52.0 Å². The summed E-state index contributed by atoms with van der Waals surface area (Å²) >= 11 is 0. The number of H-pyrrole nitrogens is 1. The molecule has 1 spiro atoms. The number of piperidine rings is 1. The van der Waals surface area contributed by atoms with E-state index in [1.807, 2.05) is 4.90 Å². The number of aliphatic carboxylic acids is 2. The second kappa shape index (κ2) is 15.1. The topological polar surface area (TPSA) is 136 Å². The number of aromatic amines is 1. The molecule has 3 N–H and O–H groups in total. The van der Waals surface area contributed by atoms with Gasteiger partial charge in [0, 0.05) is 37.9 Å². The van der Waals surface area contributed by atoms with E-state index >= 15 is 0 Å². The number of aromatic nitrogens is 2. The summed E-state index contributed by atoms with van der Waals surface area (Å²) in [4.78, 5) is 34.9. The molecule has 1 aromatic carbocycles. The lowest BCUT2D eigenvalue weighted by Gasteiger charge is -2.39. The van der Waals surface area contributed by atoms with Gasteiger partial charge in [-0.15, -0.1) is 0 Å². The van der Waals surface area contributed by atoms with E-state index in [0.29, 0.717) is 16.9 Å². The van der Waals surface area contributed by atoms with Gasteiger partial charge in [0.25, 0.3) is 5.91 Å². The van der Waals surface area contributed by atoms with Crippen LogP contribution in [0.4, 0.5) is 26.3 Å². The smallest absolute Gasteiger partial charge is 0.490 e. The monoisotopic (exact) mass is 624 g/mol. The number of ether oxygens (including phenoxy) is 1. The number of carbonyl (C=O) groups is 3. The van der Waals surface area contributed by atoms with Crippen molar-refractivity contribution >= 4 is 17.8 Å². The Morgan fingerprint density at radius 2 is 1.51 bits per heavy atom. The molecule has 0 atom stereocenters. The van der Waals surface area contributed by atoms with Crippen molar-refractivity contribution in [1.29, 1.82) is 0 Å². The highest BCUT2D eigenvalue weighted by molar-refractivity contribution is 5.93. The maximum absolute atomic E-state index is 12.6.